The van der Waals surface area contributed by atoms with Crippen molar-refractivity contribution in [1.82, 2.24) is 4.90 Å². The van der Waals surface area contributed by atoms with E-state index in [0.29, 0.717) is 41.1 Å². The fourth-order valence-electron chi connectivity index (χ4n) is 2.54. The molecular weight excluding hydrogens is 368 g/mol. The molecule has 0 N–H and O–H groups in total. The quantitative estimate of drug-likeness (QED) is 0.799. The van der Waals surface area contributed by atoms with E-state index in [4.69, 9.17) is 32.7 Å². The molecule has 1 heterocycles. The molecule has 1 unspecified atom stereocenters. The van der Waals surface area contributed by atoms with Gasteiger partial charge in [-0.2, -0.15) is 0 Å². The van der Waals surface area contributed by atoms with Crippen LogP contribution < -0.4 is 4.74 Å². The maximum absolute atomic E-state index is 12.9. The second-order valence-corrected chi connectivity index (χ2v) is 6.45. The van der Waals surface area contributed by atoms with Gasteiger partial charge < -0.3 is 14.4 Å². The highest BCUT2D eigenvalue weighted by Gasteiger charge is 2.26. The first kappa shape index (κ1) is 18.0. The van der Waals surface area contributed by atoms with Gasteiger partial charge in [0, 0.05) is 12.1 Å². The van der Waals surface area contributed by atoms with E-state index >= 15 is 0 Å². The summed E-state index contributed by atoms with van der Waals surface area (Å²) in [6, 6.07) is 10.6. The lowest BCUT2D eigenvalue weighted by atomic mass is 10.1. The van der Waals surface area contributed by atoms with E-state index in [9.17, 15) is 9.18 Å². The Labute approximate surface area is 155 Å². The Morgan fingerprint density at radius 2 is 1.96 bits per heavy atom. The number of carbonyl (C=O) groups is 1. The summed E-state index contributed by atoms with van der Waals surface area (Å²) in [4.78, 5) is 14.3. The first-order chi connectivity index (χ1) is 12.0. The molecular formula is C18H16Cl2FNO3. The van der Waals surface area contributed by atoms with Crippen LogP contribution in [0.4, 0.5) is 4.39 Å². The zero-order valence-electron chi connectivity index (χ0n) is 13.3. The molecule has 0 spiro atoms. The second kappa shape index (κ2) is 8.04. The molecule has 1 aliphatic rings. The van der Waals surface area contributed by atoms with Gasteiger partial charge in [0.1, 0.15) is 24.3 Å². The molecule has 132 valence electrons. The largest absolute Gasteiger partial charge is 0.491 e. The Kier molecular flexibility index (Phi) is 5.78. The number of rotatable bonds is 4. The van der Waals surface area contributed by atoms with Crippen molar-refractivity contribution in [1.29, 1.82) is 0 Å². The topological polar surface area (TPSA) is 38.8 Å². The molecule has 1 atom stereocenters. The monoisotopic (exact) mass is 383 g/mol. The lowest BCUT2D eigenvalue weighted by molar-refractivity contribution is -0.0401. The SMILES string of the molecule is O=C(c1ccc(Cl)c(Cl)c1)N1CCOC(COc2ccc(F)cc2)C1. The van der Waals surface area contributed by atoms with Crippen molar-refractivity contribution >= 4 is 29.1 Å². The van der Waals surface area contributed by atoms with E-state index in [1.165, 1.54) is 12.1 Å². The molecule has 1 amide bonds. The third-order valence-corrected chi connectivity index (χ3v) is 4.58. The summed E-state index contributed by atoms with van der Waals surface area (Å²) in [7, 11) is 0. The van der Waals surface area contributed by atoms with Gasteiger partial charge in [-0.1, -0.05) is 23.2 Å². The van der Waals surface area contributed by atoms with Gasteiger partial charge in [-0.25, -0.2) is 4.39 Å². The lowest BCUT2D eigenvalue weighted by Crippen LogP contribution is -2.47. The Morgan fingerprint density at radius 1 is 1.20 bits per heavy atom. The van der Waals surface area contributed by atoms with Crippen LogP contribution in [0.1, 0.15) is 10.4 Å². The minimum Gasteiger partial charge on any atom is -0.491 e. The van der Waals surface area contributed by atoms with Gasteiger partial charge in [-0.3, -0.25) is 4.79 Å². The minimum absolute atomic E-state index is 0.131. The van der Waals surface area contributed by atoms with Gasteiger partial charge in [0.25, 0.3) is 5.91 Å². The van der Waals surface area contributed by atoms with Crippen LogP contribution in [0, 0.1) is 5.82 Å². The molecule has 2 aromatic rings. The Hall–Kier alpha value is -1.82. The van der Waals surface area contributed by atoms with Crippen LogP contribution in [0.15, 0.2) is 42.5 Å². The van der Waals surface area contributed by atoms with Crippen LogP contribution in [-0.2, 0) is 4.74 Å². The van der Waals surface area contributed by atoms with Gasteiger partial charge in [0.15, 0.2) is 0 Å². The fraction of sp³-hybridized carbons (Fsp3) is 0.278. The van der Waals surface area contributed by atoms with E-state index in [-0.39, 0.29) is 24.4 Å². The molecule has 3 rings (SSSR count). The van der Waals surface area contributed by atoms with Crippen LogP contribution in [0.25, 0.3) is 0 Å². The molecule has 0 radical (unpaired) electrons. The zero-order chi connectivity index (χ0) is 17.8. The predicted octanol–water partition coefficient (Wildman–Crippen LogP) is 4.05. The number of ether oxygens (including phenoxy) is 2. The average Bonchev–Trinajstić information content (AvgIpc) is 2.63. The van der Waals surface area contributed by atoms with Crippen molar-refractivity contribution < 1.29 is 18.7 Å². The number of amides is 1. The van der Waals surface area contributed by atoms with Crippen molar-refractivity contribution in [2.24, 2.45) is 0 Å². The van der Waals surface area contributed by atoms with Crippen molar-refractivity contribution in [3.8, 4) is 5.75 Å². The molecule has 4 nitrogen and oxygen atoms in total. The molecule has 0 saturated carbocycles. The summed E-state index contributed by atoms with van der Waals surface area (Å²) in [6.07, 6.45) is -0.259. The number of hydrogen-bond acceptors (Lipinski definition) is 3. The molecule has 0 aliphatic carbocycles. The number of carbonyl (C=O) groups excluding carboxylic acids is 1. The molecule has 0 bridgehead atoms. The molecule has 1 fully saturated rings. The number of halogens is 3. The Balaban J connectivity index is 1.59. The van der Waals surface area contributed by atoms with Gasteiger partial charge in [0.05, 0.1) is 23.2 Å². The summed E-state index contributed by atoms with van der Waals surface area (Å²) in [5, 5.41) is 0.753. The Morgan fingerprint density at radius 3 is 2.68 bits per heavy atom. The predicted molar refractivity (Wildman–Crippen MR) is 94.0 cm³/mol. The van der Waals surface area contributed by atoms with Crippen molar-refractivity contribution in [3.05, 3.63) is 63.9 Å². The summed E-state index contributed by atoms with van der Waals surface area (Å²) in [5.74, 6) is 0.103. The average molecular weight is 384 g/mol. The van der Waals surface area contributed by atoms with Crippen LogP contribution in [0.3, 0.4) is 0 Å². The third kappa shape index (κ3) is 4.63. The first-order valence-electron chi connectivity index (χ1n) is 7.77. The second-order valence-electron chi connectivity index (χ2n) is 5.64. The molecule has 1 saturated heterocycles. The summed E-state index contributed by atoms with van der Waals surface area (Å²) in [6.45, 7) is 1.59. The van der Waals surface area contributed by atoms with Crippen LogP contribution in [-0.4, -0.2) is 43.2 Å². The molecule has 25 heavy (non-hydrogen) atoms. The summed E-state index contributed by atoms with van der Waals surface area (Å²) < 4.78 is 24.1. The van der Waals surface area contributed by atoms with E-state index in [2.05, 4.69) is 0 Å². The van der Waals surface area contributed by atoms with Crippen molar-refractivity contribution in [2.45, 2.75) is 6.10 Å². The number of benzene rings is 2. The standard InChI is InChI=1S/C18H16Cl2FNO3/c19-16-6-1-12(9-17(16)20)18(23)22-7-8-24-15(10-22)11-25-14-4-2-13(21)3-5-14/h1-6,9,15H,7-8,10-11H2. The van der Waals surface area contributed by atoms with Crippen LogP contribution in [0.5, 0.6) is 5.75 Å². The number of morpholine rings is 1. The maximum atomic E-state index is 12.9. The van der Waals surface area contributed by atoms with E-state index < -0.39 is 0 Å². The maximum Gasteiger partial charge on any atom is 0.254 e. The molecule has 1 aliphatic heterocycles. The van der Waals surface area contributed by atoms with Gasteiger partial charge >= 0.3 is 0 Å². The smallest absolute Gasteiger partial charge is 0.254 e. The minimum atomic E-state index is -0.320. The summed E-state index contributed by atoms with van der Waals surface area (Å²) in [5.41, 5.74) is 0.481. The van der Waals surface area contributed by atoms with Gasteiger partial charge in [-0.15, -0.1) is 0 Å². The third-order valence-electron chi connectivity index (χ3n) is 3.84. The normalized spacial score (nSPS) is 17.4. The van der Waals surface area contributed by atoms with Crippen LogP contribution in [0.2, 0.25) is 10.0 Å². The van der Waals surface area contributed by atoms with Crippen molar-refractivity contribution in [3.63, 3.8) is 0 Å². The first-order valence-corrected chi connectivity index (χ1v) is 8.53. The highest BCUT2D eigenvalue weighted by molar-refractivity contribution is 6.42. The number of hydrogen-bond donors (Lipinski definition) is 0. The van der Waals surface area contributed by atoms with Gasteiger partial charge in [0.2, 0.25) is 0 Å². The zero-order valence-corrected chi connectivity index (χ0v) is 14.8. The Bertz CT molecular complexity index is 754. The molecule has 7 heteroatoms. The number of nitrogens with zero attached hydrogens (tertiary/aromatic N) is 1. The molecule has 2 aromatic carbocycles. The van der Waals surface area contributed by atoms with E-state index in [1.54, 1.807) is 35.2 Å². The lowest BCUT2D eigenvalue weighted by Gasteiger charge is -2.33. The highest BCUT2D eigenvalue weighted by Crippen LogP contribution is 2.24. The van der Waals surface area contributed by atoms with Crippen molar-refractivity contribution in [2.75, 3.05) is 26.3 Å². The molecule has 0 aromatic heterocycles. The summed E-state index contributed by atoms with van der Waals surface area (Å²) >= 11 is 11.9. The van der Waals surface area contributed by atoms with Crippen LogP contribution >= 0.6 is 23.2 Å². The highest BCUT2D eigenvalue weighted by atomic mass is 35.5. The van der Waals surface area contributed by atoms with E-state index in [0.717, 1.165) is 0 Å². The van der Waals surface area contributed by atoms with E-state index in [1.807, 2.05) is 0 Å². The van der Waals surface area contributed by atoms with Gasteiger partial charge in [-0.05, 0) is 42.5 Å². The fourth-order valence-corrected chi connectivity index (χ4v) is 2.83.